The number of nitrogens with two attached hydrogens (primary N) is 1. The maximum absolute atomic E-state index is 11.3. The van der Waals surface area contributed by atoms with Crippen molar-refractivity contribution >= 4 is 16.2 Å². The van der Waals surface area contributed by atoms with E-state index in [4.69, 9.17) is 9.56 Å². The summed E-state index contributed by atoms with van der Waals surface area (Å²) in [6, 6.07) is 19.3. The van der Waals surface area contributed by atoms with Gasteiger partial charge in [0.1, 0.15) is 17.8 Å². The number of furan rings is 1. The normalized spacial score (nSPS) is 11.9. The highest BCUT2D eigenvalue weighted by atomic mass is 32.2. The van der Waals surface area contributed by atoms with Crippen LogP contribution in [0.4, 0.5) is 0 Å². The van der Waals surface area contributed by atoms with E-state index in [2.05, 4.69) is 15.3 Å². The van der Waals surface area contributed by atoms with Crippen molar-refractivity contribution in [1.82, 2.24) is 14.9 Å². The number of primary sulfonamides is 1. The third kappa shape index (κ3) is 3.75. The first-order valence-corrected chi connectivity index (χ1v) is 9.78. The molecule has 2 aromatic carbocycles. The van der Waals surface area contributed by atoms with Gasteiger partial charge in [-0.25, -0.2) is 13.6 Å². The van der Waals surface area contributed by atoms with Crippen LogP contribution in [0.2, 0.25) is 0 Å². The Kier molecular flexibility index (Phi) is 4.60. The van der Waals surface area contributed by atoms with E-state index in [1.54, 1.807) is 35.2 Å². The SMILES string of the molecule is NS(=O)(=O)c1ccc(-c2ccc(/C=N\n3cnnc3-c3ccccc3)o2)cc1. The second-order valence-electron chi connectivity index (χ2n) is 5.88. The molecule has 0 spiro atoms. The minimum absolute atomic E-state index is 0.0469. The maximum atomic E-state index is 11.3. The van der Waals surface area contributed by atoms with E-state index in [0.29, 0.717) is 17.3 Å². The van der Waals surface area contributed by atoms with Gasteiger partial charge in [0.25, 0.3) is 0 Å². The average molecular weight is 393 g/mol. The highest BCUT2D eigenvalue weighted by molar-refractivity contribution is 7.89. The molecule has 2 aromatic heterocycles. The number of benzene rings is 2. The van der Waals surface area contributed by atoms with Crippen molar-refractivity contribution in [2.75, 3.05) is 0 Å². The first kappa shape index (κ1) is 17.8. The van der Waals surface area contributed by atoms with E-state index >= 15 is 0 Å². The monoisotopic (exact) mass is 393 g/mol. The molecule has 4 aromatic rings. The molecule has 140 valence electrons. The van der Waals surface area contributed by atoms with Gasteiger partial charge in [0, 0.05) is 11.1 Å². The lowest BCUT2D eigenvalue weighted by Gasteiger charge is -2.00. The molecule has 0 radical (unpaired) electrons. The van der Waals surface area contributed by atoms with E-state index in [1.807, 2.05) is 30.3 Å². The standard InChI is InChI=1S/C19H15N5O3S/c20-28(25,26)17-9-6-14(7-10-17)18-11-8-16(27-18)12-22-24-13-21-23-19(24)15-4-2-1-3-5-15/h1-13H,(H2,20,25,26)/b22-12-. The van der Waals surface area contributed by atoms with Gasteiger partial charge in [-0.05, 0) is 36.4 Å². The first-order chi connectivity index (χ1) is 13.5. The average Bonchev–Trinajstić information content (AvgIpc) is 3.36. The minimum Gasteiger partial charge on any atom is -0.455 e. The number of nitrogens with zero attached hydrogens (tertiary/aromatic N) is 4. The predicted octanol–water partition coefficient (Wildman–Crippen LogP) is 2.73. The summed E-state index contributed by atoms with van der Waals surface area (Å²) >= 11 is 0. The number of hydrogen-bond donors (Lipinski definition) is 1. The fourth-order valence-corrected chi connectivity index (χ4v) is 3.11. The van der Waals surface area contributed by atoms with Crippen molar-refractivity contribution in [3.05, 3.63) is 78.8 Å². The van der Waals surface area contributed by atoms with Gasteiger partial charge >= 0.3 is 0 Å². The summed E-state index contributed by atoms with van der Waals surface area (Å²) in [6.45, 7) is 0. The Morgan fingerprint density at radius 1 is 0.964 bits per heavy atom. The number of hydrogen-bond acceptors (Lipinski definition) is 6. The largest absolute Gasteiger partial charge is 0.455 e. The molecule has 2 N–H and O–H groups in total. The van der Waals surface area contributed by atoms with Crippen molar-refractivity contribution in [2.24, 2.45) is 10.2 Å². The fraction of sp³-hybridized carbons (Fsp3) is 0. The Morgan fingerprint density at radius 3 is 2.43 bits per heavy atom. The molecule has 0 saturated heterocycles. The second-order valence-corrected chi connectivity index (χ2v) is 7.44. The topological polar surface area (TPSA) is 116 Å². The van der Waals surface area contributed by atoms with Crippen LogP contribution in [0.25, 0.3) is 22.7 Å². The molecule has 28 heavy (non-hydrogen) atoms. The Labute approximate surface area is 161 Å². The van der Waals surface area contributed by atoms with E-state index in [0.717, 1.165) is 11.1 Å². The number of aromatic nitrogens is 3. The van der Waals surface area contributed by atoms with Gasteiger partial charge in [-0.2, -0.15) is 9.78 Å². The van der Waals surface area contributed by atoms with Gasteiger partial charge in [-0.15, -0.1) is 10.2 Å². The molecule has 0 aliphatic rings. The summed E-state index contributed by atoms with van der Waals surface area (Å²) in [5, 5.41) is 17.4. The van der Waals surface area contributed by atoms with Crippen molar-refractivity contribution in [1.29, 1.82) is 0 Å². The summed E-state index contributed by atoms with van der Waals surface area (Å²) in [5.41, 5.74) is 1.62. The summed E-state index contributed by atoms with van der Waals surface area (Å²) in [5.74, 6) is 1.72. The van der Waals surface area contributed by atoms with Crippen LogP contribution >= 0.6 is 0 Å². The summed E-state index contributed by atoms with van der Waals surface area (Å²) < 4.78 is 30.0. The minimum atomic E-state index is -3.72. The van der Waals surface area contributed by atoms with Crippen molar-refractivity contribution < 1.29 is 12.8 Å². The lowest BCUT2D eigenvalue weighted by Crippen LogP contribution is -2.11. The van der Waals surface area contributed by atoms with Crippen LogP contribution in [-0.4, -0.2) is 29.5 Å². The van der Waals surface area contributed by atoms with E-state index in [1.165, 1.54) is 18.5 Å². The van der Waals surface area contributed by atoms with Gasteiger partial charge in [-0.3, -0.25) is 0 Å². The smallest absolute Gasteiger partial charge is 0.238 e. The molecule has 0 atom stereocenters. The van der Waals surface area contributed by atoms with Crippen LogP contribution < -0.4 is 5.14 Å². The number of rotatable bonds is 5. The van der Waals surface area contributed by atoms with Crippen LogP contribution in [0.15, 0.2) is 87.5 Å². The Hall–Kier alpha value is -3.56. The molecular weight excluding hydrogens is 378 g/mol. The predicted molar refractivity (Wildman–Crippen MR) is 104 cm³/mol. The zero-order chi connectivity index (χ0) is 19.6. The quantitative estimate of drug-likeness (QED) is 0.523. The third-order valence-corrected chi connectivity index (χ3v) is 4.90. The molecule has 0 aliphatic carbocycles. The molecule has 2 heterocycles. The second kappa shape index (κ2) is 7.22. The van der Waals surface area contributed by atoms with Gasteiger partial charge in [0.2, 0.25) is 10.0 Å². The van der Waals surface area contributed by atoms with Crippen LogP contribution in [0.5, 0.6) is 0 Å². The molecule has 0 bridgehead atoms. The van der Waals surface area contributed by atoms with E-state index in [-0.39, 0.29) is 4.90 Å². The van der Waals surface area contributed by atoms with Crippen molar-refractivity contribution in [3.63, 3.8) is 0 Å². The lowest BCUT2D eigenvalue weighted by molar-refractivity contribution is 0.574. The third-order valence-electron chi connectivity index (χ3n) is 3.97. The molecule has 4 rings (SSSR count). The van der Waals surface area contributed by atoms with Crippen LogP contribution in [0.3, 0.4) is 0 Å². The van der Waals surface area contributed by atoms with E-state index < -0.39 is 10.0 Å². The molecule has 0 unspecified atom stereocenters. The zero-order valence-electron chi connectivity index (χ0n) is 14.5. The molecule has 0 fully saturated rings. The Bertz CT molecular complexity index is 1230. The van der Waals surface area contributed by atoms with E-state index in [9.17, 15) is 8.42 Å². The summed E-state index contributed by atoms with van der Waals surface area (Å²) in [6.07, 6.45) is 3.06. The van der Waals surface area contributed by atoms with Gasteiger partial charge in [0.05, 0.1) is 11.1 Å². The lowest BCUT2D eigenvalue weighted by atomic mass is 10.2. The van der Waals surface area contributed by atoms with Gasteiger partial charge in [-0.1, -0.05) is 30.3 Å². The first-order valence-electron chi connectivity index (χ1n) is 8.23. The van der Waals surface area contributed by atoms with Crippen molar-refractivity contribution in [3.8, 4) is 22.7 Å². The summed E-state index contributed by atoms with van der Waals surface area (Å²) in [7, 11) is -3.72. The van der Waals surface area contributed by atoms with Crippen molar-refractivity contribution in [2.45, 2.75) is 4.90 Å². The van der Waals surface area contributed by atoms with Gasteiger partial charge < -0.3 is 4.42 Å². The van der Waals surface area contributed by atoms with Crippen LogP contribution in [-0.2, 0) is 10.0 Å². The van der Waals surface area contributed by atoms with Crippen LogP contribution in [0, 0.1) is 0 Å². The molecule has 0 aliphatic heterocycles. The number of sulfonamides is 1. The summed E-state index contributed by atoms with van der Waals surface area (Å²) in [4.78, 5) is 0.0469. The maximum Gasteiger partial charge on any atom is 0.238 e. The molecular formula is C19H15N5O3S. The Balaban J connectivity index is 1.56. The molecule has 0 saturated carbocycles. The highest BCUT2D eigenvalue weighted by Gasteiger charge is 2.10. The van der Waals surface area contributed by atoms with Gasteiger partial charge in [0.15, 0.2) is 5.82 Å². The molecule has 0 amide bonds. The molecule has 8 nitrogen and oxygen atoms in total. The fourth-order valence-electron chi connectivity index (χ4n) is 2.60. The molecule has 9 heteroatoms. The zero-order valence-corrected chi connectivity index (χ0v) is 15.3. The highest BCUT2D eigenvalue weighted by Crippen LogP contribution is 2.23. The van der Waals surface area contributed by atoms with Crippen LogP contribution in [0.1, 0.15) is 5.76 Å². The Morgan fingerprint density at radius 2 is 1.71 bits per heavy atom.